The molecule has 1 aromatic rings. The minimum atomic E-state index is -0.815. The minimum Gasteiger partial charge on any atom is -0.443 e. The van der Waals surface area contributed by atoms with Crippen LogP contribution in [0, 0.1) is 0 Å². The normalized spacial score (nSPS) is 10.6. The first-order valence-electron chi connectivity index (χ1n) is 5.36. The van der Waals surface area contributed by atoms with Crippen LogP contribution >= 0.6 is 0 Å². The van der Waals surface area contributed by atoms with E-state index in [-0.39, 0.29) is 6.54 Å². The lowest BCUT2D eigenvalue weighted by atomic mass is 10.0. The third-order valence-corrected chi connectivity index (χ3v) is 2.18. The zero-order valence-electron chi connectivity index (χ0n) is 10.3. The Hall–Kier alpha value is -2.27. The first-order valence-corrected chi connectivity index (χ1v) is 5.36. The number of nitrogens with two attached hydrogens (primary N) is 1. The van der Waals surface area contributed by atoms with Gasteiger partial charge in [-0.15, -0.1) is 0 Å². The zero-order valence-corrected chi connectivity index (χ0v) is 10.3. The minimum absolute atomic E-state index is 0.267. The molecule has 0 aliphatic rings. The number of amides is 1. The van der Waals surface area contributed by atoms with Crippen LogP contribution in [0.4, 0.5) is 4.79 Å². The molecule has 7 heteroatoms. The fourth-order valence-corrected chi connectivity index (χ4v) is 1.58. The molecule has 0 spiro atoms. The van der Waals surface area contributed by atoms with E-state index in [0.717, 1.165) is 11.3 Å². The van der Waals surface area contributed by atoms with E-state index in [2.05, 4.69) is 15.0 Å². The monoisotopic (exact) mass is 249 g/mol. The number of rotatable bonds is 5. The van der Waals surface area contributed by atoms with E-state index in [4.69, 9.17) is 16.0 Å². The van der Waals surface area contributed by atoms with Crippen LogP contribution in [0.1, 0.15) is 25.1 Å². The third kappa shape index (κ3) is 4.71. The molecule has 1 amide bonds. The lowest BCUT2D eigenvalue weighted by molar-refractivity contribution is 0.0453. The Labute approximate surface area is 105 Å². The van der Waals surface area contributed by atoms with E-state index >= 15 is 0 Å². The number of aromatic nitrogens is 1. The second-order valence-corrected chi connectivity index (χ2v) is 4.40. The Bertz CT molecular complexity index is 480. The van der Waals surface area contributed by atoms with Gasteiger partial charge in [0.25, 0.3) is 0 Å². The predicted molar refractivity (Wildman–Crippen MR) is 65.5 cm³/mol. The second-order valence-electron chi connectivity index (χ2n) is 4.40. The number of hydrogen-bond acceptors (Lipinski definition) is 4. The van der Waals surface area contributed by atoms with Gasteiger partial charge in [-0.2, -0.15) is 0 Å². The highest BCUT2D eigenvalue weighted by Crippen LogP contribution is 2.16. The predicted octanol–water partition coefficient (Wildman–Crippen LogP) is 2.31. The maximum Gasteiger partial charge on any atom is 0.405 e. The molecular weight excluding hydrogens is 234 g/mol. The lowest BCUT2D eigenvalue weighted by Crippen LogP contribution is -2.33. The summed E-state index contributed by atoms with van der Waals surface area (Å²) in [4.78, 5) is 17.6. The van der Waals surface area contributed by atoms with E-state index in [0.29, 0.717) is 6.42 Å². The number of pyridine rings is 1. The van der Waals surface area contributed by atoms with E-state index in [1.807, 2.05) is 0 Å². The number of primary amides is 1. The molecule has 0 aliphatic heterocycles. The van der Waals surface area contributed by atoms with Crippen LogP contribution < -0.4 is 5.73 Å². The van der Waals surface area contributed by atoms with Crippen molar-refractivity contribution in [1.82, 2.24) is 4.98 Å². The topological polar surface area (TPSA) is 114 Å². The summed E-state index contributed by atoms with van der Waals surface area (Å²) >= 11 is 0. The fourth-order valence-electron chi connectivity index (χ4n) is 1.58. The first-order chi connectivity index (χ1) is 8.43. The van der Waals surface area contributed by atoms with Gasteiger partial charge in [0.05, 0.1) is 6.54 Å². The molecule has 1 aromatic heterocycles. The summed E-state index contributed by atoms with van der Waals surface area (Å²) < 4.78 is 4.98. The van der Waals surface area contributed by atoms with Crippen molar-refractivity contribution in [3.8, 4) is 0 Å². The third-order valence-electron chi connectivity index (χ3n) is 2.18. The van der Waals surface area contributed by atoms with Gasteiger partial charge in [-0.25, -0.2) is 4.79 Å². The van der Waals surface area contributed by atoms with Gasteiger partial charge in [-0.1, -0.05) is 5.11 Å². The van der Waals surface area contributed by atoms with Gasteiger partial charge in [0, 0.05) is 23.2 Å². The lowest BCUT2D eigenvalue weighted by Gasteiger charge is -2.23. The number of carbonyl (C=O) groups excluding carboxylic acids is 1. The van der Waals surface area contributed by atoms with E-state index < -0.39 is 11.7 Å². The molecule has 18 heavy (non-hydrogen) atoms. The van der Waals surface area contributed by atoms with Crippen molar-refractivity contribution >= 4 is 6.09 Å². The number of hydrogen-bond donors (Lipinski definition) is 1. The van der Waals surface area contributed by atoms with Crippen LogP contribution in [0.15, 0.2) is 23.4 Å². The molecule has 2 N–H and O–H groups in total. The van der Waals surface area contributed by atoms with Crippen LogP contribution in [0.3, 0.4) is 0 Å². The summed E-state index contributed by atoms with van der Waals surface area (Å²) in [6.45, 7) is 3.77. The average molecular weight is 249 g/mol. The summed E-state index contributed by atoms with van der Waals surface area (Å²) in [5.41, 5.74) is 14.1. The van der Waals surface area contributed by atoms with Crippen molar-refractivity contribution < 1.29 is 9.53 Å². The summed E-state index contributed by atoms with van der Waals surface area (Å²) in [7, 11) is 0. The molecule has 0 saturated carbocycles. The maximum atomic E-state index is 10.7. The van der Waals surface area contributed by atoms with E-state index in [9.17, 15) is 4.79 Å². The molecule has 0 aliphatic carbocycles. The van der Waals surface area contributed by atoms with Gasteiger partial charge < -0.3 is 10.5 Å². The maximum absolute atomic E-state index is 10.7. The molecule has 96 valence electrons. The zero-order chi connectivity index (χ0) is 13.6. The van der Waals surface area contributed by atoms with Crippen molar-refractivity contribution in [3.63, 3.8) is 0 Å². The van der Waals surface area contributed by atoms with Gasteiger partial charge >= 0.3 is 6.09 Å². The van der Waals surface area contributed by atoms with Gasteiger partial charge in [-0.05, 0) is 37.1 Å². The SMILES string of the molecule is CC(C)(Cc1cc(CN=[N+]=[N-])ccn1)OC(N)=O. The highest BCUT2D eigenvalue weighted by Gasteiger charge is 2.22. The van der Waals surface area contributed by atoms with Crippen LogP contribution in [0.2, 0.25) is 0 Å². The van der Waals surface area contributed by atoms with E-state index in [1.54, 1.807) is 32.2 Å². The summed E-state index contributed by atoms with van der Waals surface area (Å²) in [5.74, 6) is 0. The largest absolute Gasteiger partial charge is 0.443 e. The molecule has 0 radical (unpaired) electrons. The first kappa shape index (κ1) is 13.8. The number of azide groups is 1. The molecule has 0 aromatic carbocycles. The van der Waals surface area contributed by atoms with Crippen LogP contribution in [0.5, 0.6) is 0 Å². The quantitative estimate of drug-likeness (QED) is 0.490. The molecule has 0 saturated heterocycles. The Morgan fingerprint density at radius 2 is 2.39 bits per heavy atom. The second kappa shape index (κ2) is 5.88. The van der Waals surface area contributed by atoms with Crippen molar-refractivity contribution in [2.75, 3.05) is 0 Å². The standard InChI is InChI=1S/C11H15N5O2/c1-11(2,18-10(12)17)6-9-5-8(3-4-14-9)7-15-16-13/h3-5H,6-7H2,1-2H3,(H2,12,17). The average Bonchev–Trinajstić information content (AvgIpc) is 2.24. The Balaban J connectivity index is 2.77. The molecule has 0 bridgehead atoms. The van der Waals surface area contributed by atoms with Gasteiger partial charge in [0.2, 0.25) is 0 Å². The van der Waals surface area contributed by atoms with Crippen LogP contribution in [-0.4, -0.2) is 16.7 Å². The highest BCUT2D eigenvalue weighted by molar-refractivity contribution is 5.65. The Kier molecular flexibility index (Phi) is 4.51. The summed E-state index contributed by atoms with van der Waals surface area (Å²) in [5, 5.41) is 3.48. The summed E-state index contributed by atoms with van der Waals surface area (Å²) in [6, 6.07) is 3.57. The molecular formula is C11H15N5O2. The molecule has 7 nitrogen and oxygen atoms in total. The fraction of sp³-hybridized carbons (Fsp3) is 0.455. The molecule has 0 fully saturated rings. The smallest absolute Gasteiger partial charge is 0.405 e. The Morgan fingerprint density at radius 1 is 1.67 bits per heavy atom. The number of carbonyl (C=O) groups is 1. The van der Waals surface area contributed by atoms with Crippen molar-refractivity contribution in [2.24, 2.45) is 10.8 Å². The number of ether oxygens (including phenoxy) is 1. The van der Waals surface area contributed by atoms with E-state index in [1.165, 1.54) is 0 Å². The van der Waals surface area contributed by atoms with Crippen molar-refractivity contribution in [1.29, 1.82) is 0 Å². The van der Waals surface area contributed by atoms with Gasteiger partial charge in [-0.3, -0.25) is 4.98 Å². The van der Waals surface area contributed by atoms with Crippen LogP contribution in [0.25, 0.3) is 10.4 Å². The van der Waals surface area contributed by atoms with Gasteiger partial charge in [0.15, 0.2) is 0 Å². The molecule has 0 atom stereocenters. The van der Waals surface area contributed by atoms with Crippen LogP contribution in [-0.2, 0) is 17.7 Å². The summed E-state index contributed by atoms with van der Waals surface area (Å²) in [6.07, 6.45) is 1.24. The number of nitrogens with zero attached hydrogens (tertiary/aromatic N) is 4. The van der Waals surface area contributed by atoms with Crippen molar-refractivity contribution in [2.45, 2.75) is 32.4 Å². The van der Waals surface area contributed by atoms with Crippen molar-refractivity contribution in [3.05, 3.63) is 40.0 Å². The van der Waals surface area contributed by atoms with Gasteiger partial charge in [0.1, 0.15) is 5.60 Å². The molecule has 0 unspecified atom stereocenters. The Morgan fingerprint density at radius 3 is 3.00 bits per heavy atom. The molecule has 1 rings (SSSR count). The highest BCUT2D eigenvalue weighted by atomic mass is 16.6. The molecule has 1 heterocycles.